The van der Waals surface area contributed by atoms with Gasteiger partial charge >= 0.3 is 14.4 Å². The summed E-state index contributed by atoms with van der Waals surface area (Å²) in [4.78, 5) is 11.3. The Morgan fingerprint density at radius 1 is 0.852 bits per heavy atom. The fourth-order valence-corrected chi connectivity index (χ4v) is 4.82. The van der Waals surface area contributed by atoms with E-state index in [0.29, 0.717) is 12.2 Å². The Labute approximate surface area is 161 Å². The van der Waals surface area contributed by atoms with Crippen molar-refractivity contribution in [2.75, 3.05) is 27.9 Å². The Bertz CT molecular complexity index is 732. The molecule has 0 spiro atoms. The van der Waals surface area contributed by atoms with E-state index in [2.05, 4.69) is 0 Å². The number of hydrogen-bond acceptors (Lipinski definition) is 6. The van der Waals surface area contributed by atoms with Gasteiger partial charge in [-0.15, -0.1) is 0 Å². The lowest BCUT2D eigenvalue weighted by Crippen LogP contribution is -2.42. The third-order valence-electron chi connectivity index (χ3n) is 4.67. The second kappa shape index (κ2) is 11.2. The summed E-state index contributed by atoms with van der Waals surface area (Å²) in [7, 11) is 2.56. The van der Waals surface area contributed by atoms with E-state index in [0.717, 1.165) is 42.9 Å². The first-order chi connectivity index (χ1) is 13.1. The lowest BCUT2D eigenvalue weighted by atomic mass is 10.1. The summed E-state index contributed by atoms with van der Waals surface area (Å²) >= 11 is 0. The standard InChI is InChI=1S/C20H30O6Si/c1-22-27(23-2,24-3)15-9-7-5-4-6-8-14-25-18-12-10-17-11-13-20(21)26-19(17)16-18/h10-13,16H,4-9,14-15H2,1-3H3. The SMILES string of the molecule is CO[Si](CCCCCCCCOc1ccc2ccc(=O)oc2c1)(OC)OC. The summed E-state index contributed by atoms with van der Waals surface area (Å²) in [6.07, 6.45) is 6.70. The van der Waals surface area contributed by atoms with Crippen LogP contribution in [0.15, 0.2) is 39.5 Å². The fourth-order valence-electron chi connectivity index (χ4n) is 3.03. The van der Waals surface area contributed by atoms with E-state index in [1.54, 1.807) is 33.5 Å². The molecule has 7 heteroatoms. The Morgan fingerprint density at radius 2 is 1.48 bits per heavy atom. The van der Waals surface area contributed by atoms with E-state index in [-0.39, 0.29) is 5.63 Å². The average Bonchev–Trinajstić information content (AvgIpc) is 2.70. The third-order valence-corrected chi connectivity index (χ3v) is 7.51. The van der Waals surface area contributed by atoms with Crippen LogP contribution in [-0.2, 0) is 13.3 Å². The van der Waals surface area contributed by atoms with Crippen molar-refractivity contribution in [3.63, 3.8) is 0 Å². The molecule has 0 atom stereocenters. The van der Waals surface area contributed by atoms with Gasteiger partial charge < -0.3 is 22.4 Å². The van der Waals surface area contributed by atoms with Crippen LogP contribution in [0, 0.1) is 0 Å². The summed E-state index contributed by atoms with van der Waals surface area (Å²) < 4.78 is 27.2. The van der Waals surface area contributed by atoms with E-state index < -0.39 is 8.80 Å². The molecule has 0 N–H and O–H groups in total. The second-order valence-corrected chi connectivity index (χ2v) is 9.56. The van der Waals surface area contributed by atoms with Crippen molar-refractivity contribution < 1.29 is 22.4 Å². The van der Waals surface area contributed by atoms with Crippen LogP contribution in [0.25, 0.3) is 11.0 Å². The first kappa shape index (κ1) is 21.6. The highest BCUT2D eigenvalue weighted by atomic mass is 28.4. The predicted molar refractivity (Wildman–Crippen MR) is 107 cm³/mol. The molecule has 6 nitrogen and oxygen atoms in total. The molecule has 0 unspecified atom stereocenters. The number of ether oxygens (including phenoxy) is 1. The van der Waals surface area contributed by atoms with Gasteiger partial charge in [0.2, 0.25) is 0 Å². The van der Waals surface area contributed by atoms with Crippen LogP contribution in [0.5, 0.6) is 5.75 Å². The minimum absolute atomic E-state index is 0.346. The molecule has 0 aliphatic heterocycles. The van der Waals surface area contributed by atoms with Crippen molar-refractivity contribution in [2.45, 2.75) is 44.6 Å². The van der Waals surface area contributed by atoms with Gasteiger partial charge in [0, 0.05) is 44.9 Å². The smallest absolute Gasteiger partial charge is 0.493 e. The molecule has 0 saturated heterocycles. The van der Waals surface area contributed by atoms with Gasteiger partial charge in [0.1, 0.15) is 11.3 Å². The summed E-state index contributed by atoms with van der Waals surface area (Å²) in [6, 6.07) is 9.61. The van der Waals surface area contributed by atoms with Crippen molar-refractivity contribution in [3.05, 3.63) is 40.8 Å². The fraction of sp³-hybridized carbons (Fsp3) is 0.550. The van der Waals surface area contributed by atoms with Gasteiger partial charge in [-0.2, -0.15) is 0 Å². The van der Waals surface area contributed by atoms with Crippen LogP contribution < -0.4 is 10.4 Å². The van der Waals surface area contributed by atoms with Crippen LogP contribution in [0.4, 0.5) is 0 Å². The van der Waals surface area contributed by atoms with Gasteiger partial charge in [0.25, 0.3) is 0 Å². The van der Waals surface area contributed by atoms with Gasteiger partial charge in [0.05, 0.1) is 6.61 Å². The summed E-state index contributed by atoms with van der Waals surface area (Å²) in [5.41, 5.74) is 0.212. The number of unbranched alkanes of at least 4 members (excludes halogenated alkanes) is 5. The molecule has 0 aliphatic carbocycles. The summed E-state index contributed by atoms with van der Waals surface area (Å²) in [5, 5.41) is 0.893. The van der Waals surface area contributed by atoms with Gasteiger partial charge in [0.15, 0.2) is 0 Å². The molecule has 0 saturated carbocycles. The highest BCUT2D eigenvalue weighted by molar-refractivity contribution is 6.60. The molecule has 2 rings (SSSR count). The zero-order chi connectivity index (χ0) is 19.5. The molecule has 27 heavy (non-hydrogen) atoms. The molecule has 0 bridgehead atoms. The van der Waals surface area contributed by atoms with Crippen molar-refractivity contribution in [2.24, 2.45) is 0 Å². The molecule has 150 valence electrons. The Kier molecular flexibility index (Phi) is 9.00. The Morgan fingerprint density at radius 3 is 2.19 bits per heavy atom. The molecule has 1 heterocycles. The second-order valence-electron chi connectivity index (χ2n) is 6.47. The number of rotatable bonds is 13. The molecule has 1 aromatic carbocycles. The first-order valence-electron chi connectivity index (χ1n) is 9.44. The van der Waals surface area contributed by atoms with Gasteiger partial charge in [-0.05, 0) is 31.0 Å². The molecule has 0 radical (unpaired) electrons. The van der Waals surface area contributed by atoms with Crippen LogP contribution in [0.2, 0.25) is 6.04 Å². The normalized spacial score (nSPS) is 11.8. The number of hydrogen-bond donors (Lipinski definition) is 0. The van der Waals surface area contributed by atoms with E-state index >= 15 is 0 Å². The van der Waals surface area contributed by atoms with E-state index in [1.807, 2.05) is 12.1 Å². The van der Waals surface area contributed by atoms with Crippen LogP contribution >= 0.6 is 0 Å². The lowest BCUT2D eigenvalue weighted by Gasteiger charge is -2.24. The number of fused-ring (bicyclic) bond motifs is 1. The monoisotopic (exact) mass is 394 g/mol. The molecule has 0 fully saturated rings. The maximum atomic E-state index is 11.3. The minimum Gasteiger partial charge on any atom is -0.493 e. The minimum atomic E-state index is -2.41. The Balaban J connectivity index is 1.58. The molecular formula is C20H30O6Si. The maximum Gasteiger partial charge on any atom is 0.500 e. The summed E-state index contributed by atoms with van der Waals surface area (Å²) in [6.45, 7) is 0.662. The molecular weight excluding hydrogens is 364 g/mol. The van der Waals surface area contributed by atoms with Gasteiger partial charge in [-0.25, -0.2) is 4.79 Å². The van der Waals surface area contributed by atoms with Crippen molar-refractivity contribution in [1.82, 2.24) is 0 Å². The Hall–Kier alpha value is -1.67. The van der Waals surface area contributed by atoms with Crippen molar-refractivity contribution in [3.8, 4) is 5.75 Å². The van der Waals surface area contributed by atoms with E-state index in [9.17, 15) is 4.79 Å². The molecule has 0 amide bonds. The highest BCUT2D eigenvalue weighted by Gasteiger charge is 2.36. The quantitative estimate of drug-likeness (QED) is 0.285. The topological polar surface area (TPSA) is 67.1 Å². The average molecular weight is 395 g/mol. The van der Waals surface area contributed by atoms with Crippen molar-refractivity contribution >= 4 is 19.8 Å². The maximum absolute atomic E-state index is 11.3. The largest absolute Gasteiger partial charge is 0.500 e. The molecule has 1 aromatic heterocycles. The zero-order valence-corrected chi connectivity index (χ0v) is 17.5. The lowest BCUT2D eigenvalue weighted by molar-refractivity contribution is 0.122. The summed E-state index contributed by atoms with van der Waals surface area (Å²) in [5.74, 6) is 0.733. The predicted octanol–water partition coefficient (Wildman–Crippen LogP) is 4.39. The zero-order valence-electron chi connectivity index (χ0n) is 16.5. The van der Waals surface area contributed by atoms with Crippen LogP contribution in [0.1, 0.15) is 38.5 Å². The van der Waals surface area contributed by atoms with Crippen LogP contribution in [0.3, 0.4) is 0 Å². The molecule has 0 aliphatic rings. The highest BCUT2D eigenvalue weighted by Crippen LogP contribution is 2.20. The van der Waals surface area contributed by atoms with Gasteiger partial charge in [-0.3, -0.25) is 0 Å². The van der Waals surface area contributed by atoms with Crippen LogP contribution in [-0.4, -0.2) is 36.7 Å². The first-order valence-corrected chi connectivity index (χ1v) is 11.4. The number of benzene rings is 1. The van der Waals surface area contributed by atoms with Crippen molar-refractivity contribution in [1.29, 1.82) is 0 Å². The van der Waals surface area contributed by atoms with E-state index in [1.165, 1.54) is 18.9 Å². The van der Waals surface area contributed by atoms with E-state index in [4.69, 9.17) is 22.4 Å². The third kappa shape index (κ3) is 6.77. The molecule has 2 aromatic rings. The van der Waals surface area contributed by atoms with Gasteiger partial charge in [-0.1, -0.05) is 25.7 Å².